The van der Waals surface area contributed by atoms with E-state index < -0.39 is 0 Å². The molecule has 1 aromatic heterocycles. The highest BCUT2D eigenvalue weighted by molar-refractivity contribution is 5.79. The topological polar surface area (TPSA) is 97.6 Å². The summed E-state index contributed by atoms with van der Waals surface area (Å²) < 4.78 is 10.6. The van der Waals surface area contributed by atoms with Crippen LogP contribution in [-0.4, -0.2) is 53.6 Å². The first-order valence-corrected chi connectivity index (χ1v) is 9.06. The van der Waals surface area contributed by atoms with Crippen molar-refractivity contribution in [3.63, 3.8) is 0 Å². The number of aryl methyl sites for hydroxylation is 1. The van der Waals surface area contributed by atoms with E-state index in [1.807, 2.05) is 24.3 Å². The zero-order valence-electron chi connectivity index (χ0n) is 15.6. The van der Waals surface area contributed by atoms with Gasteiger partial charge in [0.1, 0.15) is 5.75 Å². The minimum atomic E-state index is -0.0211. The van der Waals surface area contributed by atoms with Gasteiger partial charge in [0.05, 0.1) is 12.7 Å². The van der Waals surface area contributed by atoms with Crippen molar-refractivity contribution in [2.75, 3.05) is 20.7 Å². The maximum absolute atomic E-state index is 12.1. The van der Waals surface area contributed by atoms with Crippen LogP contribution >= 0.6 is 0 Å². The maximum Gasteiger partial charge on any atom is 0.226 e. The van der Waals surface area contributed by atoms with Gasteiger partial charge in [-0.15, -0.1) is 0 Å². The number of ether oxygens (including phenoxy) is 1. The summed E-state index contributed by atoms with van der Waals surface area (Å²) in [6, 6.07) is 7.50. The van der Waals surface area contributed by atoms with Crippen molar-refractivity contribution in [1.82, 2.24) is 20.4 Å². The molecule has 0 aliphatic carbocycles. The Morgan fingerprint density at radius 1 is 1.41 bits per heavy atom. The van der Waals surface area contributed by atoms with Crippen molar-refractivity contribution < 1.29 is 18.8 Å². The number of hydrogen-bond acceptors (Lipinski definition) is 6. The van der Waals surface area contributed by atoms with Crippen LogP contribution in [0, 0.1) is 0 Å². The van der Waals surface area contributed by atoms with Crippen molar-refractivity contribution in [2.45, 2.75) is 38.1 Å². The monoisotopic (exact) mass is 372 g/mol. The zero-order chi connectivity index (χ0) is 19.2. The van der Waals surface area contributed by atoms with E-state index in [0.29, 0.717) is 56.1 Å². The largest absolute Gasteiger partial charge is 0.496 e. The first-order chi connectivity index (χ1) is 13.1. The quantitative estimate of drug-likeness (QED) is 0.796. The van der Waals surface area contributed by atoms with Crippen LogP contribution < -0.4 is 10.1 Å². The molecule has 0 saturated carbocycles. The van der Waals surface area contributed by atoms with Gasteiger partial charge in [-0.05, 0) is 25.0 Å². The second kappa shape index (κ2) is 8.66. The van der Waals surface area contributed by atoms with Gasteiger partial charge in [-0.25, -0.2) is 0 Å². The Morgan fingerprint density at radius 3 is 3.00 bits per heavy atom. The van der Waals surface area contributed by atoms with E-state index >= 15 is 0 Å². The molecule has 8 nitrogen and oxygen atoms in total. The van der Waals surface area contributed by atoms with Gasteiger partial charge >= 0.3 is 0 Å². The number of carbonyl (C=O) groups excluding carboxylic acids is 2. The summed E-state index contributed by atoms with van der Waals surface area (Å²) >= 11 is 0. The first-order valence-electron chi connectivity index (χ1n) is 9.06. The molecule has 144 valence electrons. The summed E-state index contributed by atoms with van der Waals surface area (Å²) in [5.41, 5.74) is 0.767. The Balaban J connectivity index is 1.46. The Morgan fingerprint density at radius 2 is 2.22 bits per heavy atom. The Bertz CT molecular complexity index is 805. The molecule has 3 rings (SSSR count). The summed E-state index contributed by atoms with van der Waals surface area (Å²) in [6.07, 6.45) is 2.69. The number of piperidine rings is 1. The molecule has 2 heterocycles. The van der Waals surface area contributed by atoms with Gasteiger partial charge in [-0.1, -0.05) is 17.3 Å². The lowest BCUT2D eigenvalue weighted by atomic mass is 10.1. The second-order valence-electron chi connectivity index (χ2n) is 6.64. The number of carbonyl (C=O) groups is 2. The summed E-state index contributed by atoms with van der Waals surface area (Å²) in [6.45, 7) is 0.566. The molecule has 1 aliphatic heterocycles. The van der Waals surface area contributed by atoms with E-state index in [-0.39, 0.29) is 17.9 Å². The highest BCUT2D eigenvalue weighted by Gasteiger charge is 2.23. The predicted molar refractivity (Wildman–Crippen MR) is 98.0 cm³/mol. The van der Waals surface area contributed by atoms with Crippen LogP contribution in [0.25, 0.3) is 11.4 Å². The number of methoxy groups -OCH3 is 1. The molecule has 8 heteroatoms. The molecule has 2 amide bonds. The molecule has 2 aromatic rings. The lowest BCUT2D eigenvalue weighted by Crippen LogP contribution is -2.48. The van der Waals surface area contributed by atoms with Crippen molar-refractivity contribution in [3.8, 4) is 17.1 Å². The fourth-order valence-corrected chi connectivity index (χ4v) is 3.13. The highest BCUT2D eigenvalue weighted by Crippen LogP contribution is 2.27. The van der Waals surface area contributed by atoms with E-state index in [1.54, 1.807) is 19.1 Å². The molecular weight excluding hydrogens is 348 g/mol. The van der Waals surface area contributed by atoms with Crippen LogP contribution in [0.3, 0.4) is 0 Å². The zero-order valence-corrected chi connectivity index (χ0v) is 15.6. The molecule has 27 heavy (non-hydrogen) atoms. The third-order valence-corrected chi connectivity index (χ3v) is 4.60. The van der Waals surface area contributed by atoms with Crippen LogP contribution in [0.2, 0.25) is 0 Å². The lowest BCUT2D eigenvalue weighted by molar-refractivity contribution is -0.134. The number of likely N-dealkylation sites (tertiary alicyclic amines) is 1. The second-order valence-corrected chi connectivity index (χ2v) is 6.64. The number of nitrogens with one attached hydrogen (secondary N) is 1. The van der Waals surface area contributed by atoms with Crippen LogP contribution in [0.5, 0.6) is 5.75 Å². The van der Waals surface area contributed by atoms with Gasteiger partial charge in [-0.2, -0.15) is 4.98 Å². The number of hydrogen-bond donors (Lipinski definition) is 1. The number of rotatable bonds is 7. The fourth-order valence-electron chi connectivity index (χ4n) is 3.13. The number of benzene rings is 1. The summed E-state index contributed by atoms with van der Waals surface area (Å²) in [4.78, 5) is 29.6. The molecule has 0 radical (unpaired) electrons. The van der Waals surface area contributed by atoms with E-state index in [9.17, 15) is 9.59 Å². The van der Waals surface area contributed by atoms with Crippen LogP contribution in [0.1, 0.15) is 31.6 Å². The number of amides is 2. The average molecular weight is 372 g/mol. The van der Waals surface area contributed by atoms with Crippen LogP contribution in [0.15, 0.2) is 28.8 Å². The average Bonchev–Trinajstić information content (AvgIpc) is 3.13. The lowest BCUT2D eigenvalue weighted by Gasteiger charge is -2.30. The van der Waals surface area contributed by atoms with E-state index in [4.69, 9.17) is 9.26 Å². The molecule has 1 saturated heterocycles. The Hall–Kier alpha value is -2.90. The normalized spacial score (nSPS) is 17.0. The summed E-state index contributed by atoms with van der Waals surface area (Å²) in [7, 11) is 3.36. The van der Waals surface area contributed by atoms with E-state index in [0.717, 1.165) is 5.56 Å². The number of aromatic nitrogens is 2. The van der Waals surface area contributed by atoms with Crippen LogP contribution in [0.4, 0.5) is 0 Å². The number of nitrogens with zero attached hydrogens (tertiary/aromatic N) is 3. The number of para-hydroxylation sites is 1. The minimum absolute atomic E-state index is 0.0211. The Labute approximate surface area is 157 Å². The third kappa shape index (κ3) is 4.84. The van der Waals surface area contributed by atoms with Gasteiger partial charge < -0.3 is 19.5 Å². The van der Waals surface area contributed by atoms with Gasteiger partial charge in [-0.3, -0.25) is 9.59 Å². The molecule has 1 atom stereocenters. The highest BCUT2D eigenvalue weighted by atomic mass is 16.5. The van der Waals surface area contributed by atoms with Crippen molar-refractivity contribution >= 4 is 11.8 Å². The summed E-state index contributed by atoms with van der Waals surface area (Å²) in [5, 5.41) is 6.98. The fraction of sp³-hybridized carbons (Fsp3) is 0.474. The minimum Gasteiger partial charge on any atom is -0.496 e. The summed E-state index contributed by atoms with van der Waals surface area (Å²) in [5.74, 6) is 1.75. The van der Waals surface area contributed by atoms with Crippen molar-refractivity contribution in [2.24, 2.45) is 0 Å². The van der Waals surface area contributed by atoms with Crippen molar-refractivity contribution in [1.29, 1.82) is 0 Å². The molecule has 1 aromatic carbocycles. The molecule has 1 N–H and O–H groups in total. The Kier molecular flexibility index (Phi) is 6.05. The smallest absolute Gasteiger partial charge is 0.226 e. The van der Waals surface area contributed by atoms with Gasteiger partial charge in [0, 0.05) is 38.9 Å². The molecule has 0 spiro atoms. The van der Waals surface area contributed by atoms with Gasteiger partial charge in [0.2, 0.25) is 23.5 Å². The molecule has 0 unspecified atom stereocenters. The van der Waals surface area contributed by atoms with Crippen molar-refractivity contribution in [3.05, 3.63) is 30.2 Å². The van der Waals surface area contributed by atoms with E-state index in [1.165, 1.54) is 0 Å². The SMILES string of the molecule is COc1ccccc1-c1noc(CCCC(=O)N[C@H]2CCC(=O)N(C)C2)n1. The predicted octanol–water partition coefficient (Wildman–Crippen LogP) is 1.80. The van der Waals surface area contributed by atoms with Gasteiger partial charge in [0.25, 0.3) is 0 Å². The molecule has 0 bridgehead atoms. The number of likely N-dealkylation sites (N-methyl/N-ethyl adjacent to an activating group) is 1. The molecule has 1 aliphatic rings. The molecule has 1 fully saturated rings. The van der Waals surface area contributed by atoms with E-state index in [2.05, 4.69) is 15.5 Å². The standard InChI is InChI=1S/C19H24N4O4/c1-23-12-13(10-11-18(23)25)20-16(24)8-5-9-17-21-19(22-27-17)14-6-3-4-7-15(14)26-2/h3-4,6-7,13H,5,8-12H2,1-2H3,(H,20,24)/t13-/m0/s1. The third-order valence-electron chi connectivity index (χ3n) is 4.60. The molecular formula is C19H24N4O4. The van der Waals surface area contributed by atoms with Gasteiger partial charge in [0.15, 0.2) is 0 Å². The maximum atomic E-state index is 12.1. The van der Waals surface area contributed by atoms with Crippen LogP contribution in [-0.2, 0) is 16.0 Å². The first kappa shape index (κ1) is 18.9.